The molecule has 60 valence electrons. The summed E-state index contributed by atoms with van der Waals surface area (Å²) in [5.41, 5.74) is 3.97. The maximum absolute atomic E-state index is 4.11. The highest BCUT2D eigenvalue weighted by Gasteiger charge is 2.03. The third-order valence-corrected chi connectivity index (χ3v) is 2.15. The molecule has 1 heterocycles. The second kappa shape index (κ2) is 2.94. The van der Waals surface area contributed by atoms with Gasteiger partial charge < -0.3 is 0 Å². The summed E-state index contributed by atoms with van der Waals surface area (Å²) < 4.78 is 0. The van der Waals surface area contributed by atoms with Crippen molar-refractivity contribution in [3.05, 3.63) is 47.8 Å². The van der Waals surface area contributed by atoms with E-state index in [9.17, 15) is 0 Å². The normalized spacial score (nSPS) is 14.9. The van der Waals surface area contributed by atoms with E-state index in [1.807, 2.05) is 12.4 Å². The van der Waals surface area contributed by atoms with Gasteiger partial charge in [-0.05, 0) is 36.1 Å². The van der Waals surface area contributed by atoms with Crippen molar-refractivity contribution in [3.63, 3.8) is 0 Å². The van der Waals surface area contributed by atoms with Crippen LogP contribution in [0.3, 0.4) is 0 Å². The van der Waals surface area contributed by atoms with Crippen LogP contribution in [0.15, 0.2) is 36.7 Å². The van der Waals surface area contributed by atoms with Gasteiger partial charge in [0.25, 0.3) is 0 Å². The quantitative estimate of drug-likeness (QED) is 0.564. The van der Waals surface area contributed by atoms with Crippen LogP contribution in [0.25, 0.3) is 5.57 Å². The van der Waals surface area contributed by atoms with Crippen molar-refractivity contribution in [3.8, 4) is 0 Å². The lowest BCUT2D eigenvalue weighted by Gasteiger charge is -2.04. The molecule has 0 unspecified atom stereocenters. The van der Waals surface area contributed by atoms with E-state index >= 15 is 0 Å². The molecule has 2 rings (SSSR count). The SMILES string of the molecule is CC1=CC=CCc2cnccc21. The molecule has 1 aromatic heterocycles. The lowest BCUT2D eigenvalue weighted by molar-refractivity contribution is 1.18. The molecule has 0 aromatic carbocycles. The Bertz CT molecular complexity index is 348. The average molecular weight is 157 g/mol. The Morgan fingerprint density at radius 2 is 2.33 bits per heavy atom. The first kappa shape index (κ1) is 7.29. The molecule has 0 fully saturated rings. The Kier molecular flexibility index (Phi) is 1.78. The highest BCUT2D eigenvalue weighted by molar-refractivity contribution is 5.68. The van der Waals surface area contributed by atoms with E-state index < -0.39 is 0 Å². The molecule has 0 saturated carbocycles. The van der Waals surface area contributed by atoms with Crippen molar-refractivity contribution in [2.24, 2.45) is 0 Å². The smallest absolute Gasteiger partial charge is 0.0309 e. The van der Waals surface area contributed by atoms with Gasteiger partial charge in [-0.1, -0.05) is 18.2 Å². The van der Waals surface area contributed by atoms with Crippen LogP contribution >= 0.6 is 0 Å². The standard InChI is InChI=1S/C11H11N/c1-9-4-2-3-5-10-8-12-7-6-11(9)10/h2-4,6-8H,5H2,1H3. The summed E-state index contributed by atoms with van der Waals surface area (Å²) in [6, 6.07) is 2.08. The van der Waals surface area contributed by atoms with Crippen molar-refractivity contribution in [1.82, 2.24) is 4.98 Å². The van der Waals surface area contributed by atoms with Crippen molar-refractivity contribution in [2.75, 3.05) is 0 Å². The molecular formula is C11H11N. The first-order chi connectivity index (χ1) is 5.88. The fraction of sp³-hybridized carbons (Fsp3) is 0.182. The maximum Gasteiger partial charge on any atom is 0.0309 e. The van der Waals surface area contributed by atoms with Gasteiger partial charge in [0.1, 0.15) is 0 Å². The van der Waals surface area contributed by atoms with Crippen LogP contribution in [0, 0.1) is 0 Å². The van der Waals surface area contributed by atoms with E-state index in [0.29, 0.717) is 0 Å². The predicted molar refractivity (Wildman–Crippen MR) is 50.7 cm³/mol. The zero-order valence-corrected chi connectivity index (χ0v) is 7.12. The summed E-state index contributed by atoms with van der Waals surface area (Å²) in [7, 11) is 0. The van der Waals surface area contributed by atoms with E-state index in [-0.39, 0.29) is 0 Å². The third-order valence-electron chi connectivity index (χ3n) is 2.15. The second-order valence-corrected chi connectivity index (χ2v) is 3.01. The van der Waals surface area contributed by atoms with Crippen molar-refractivity contribution >= 4 is 5.57 Å². The Hall–Kier alpha value is -1.37. The molecule has 0 bridgehead atoms. The van der Waals surface area contributed by atoms with Gasteiger partial charge >= 0.3 is 0 Å². The summed E-state index contributed by atoms with van der Waals surface area (Å²) in [5.74, 6) is 0. The molecule has 0 amide bonds. The number of fused-ring (bicyclic) bond motifs is 1. The molecule has 1 aromatic rings. The second-order valence-electron chi connectivity index (χ2n) is 3.01. The number of aromatic nitrogens is 1. The van der Waals surface area contributed by atoms with Crippen molar-refractivity contribution in [1.29, 1.82) is 0 Å². The Labute approximate surface area is 72.5 Å². The van der Waals surface area contributed by atoms with Gasteiger partial charge in [0.2, 0.25) is 0 Å². The van der Waals surface area contributed by atoms with Crippen LogP contribution in [-0.2, 0) is 6.42 Å². The van der Waals surface area contributed by atoms with E-state index in [0.717, 1.165) is 6.42 Å². The van der Waals surface area contributed by atoms with Crippen LogP contribution in [0.1, 0.15) is 18.1 Å². The monoisotopic (exact) mass is 157 g/mol. The first-order valence-corrected chi connectivity index (χ1v) is 4.14. The molecule has 1 heteroatoms. The summed E-state index contributed by atoms with van der Waals surface area (Å²) >= 11 is 0. The summed E-state index contributed by atoms with van der Waals surface area (Å²) in [6.07, 6.45) is 11.2. The summed E-state index contributed by atoms with van der Waals surface area (Å²) in [5, 5.41) is 0. The molecule has 0 saturated heterocycles. The molecular weight excluding hydrogens is 146 g/mol. The van der Waals surface area contributed by atoms with E-state index in [1.165, 1.54) is 16.7 Å². The predicted octanol–water partition coefficient (Wildman–Crippen LogP) is 2.60. The Morgan fingerprint density at radius 1 is 1.42 bits per heavy atom. The van der Waals surface area contributed by atoms with Gasteiger partial charge in [-0.25, -0.2) is 0 Å². The topological polar surface area (TPSA) is 12.9 Å². The fourth-order valence-electron chi connectivity index (χ4n) is 1.47. The van der Waals surface area contributed by atoms with Crippen LogP contribution in [0.2, 0.25) is 0 Å². The van der Waals surface area contributed by atoms with Crippen LogP contribution in [-0.4, -0.2) is 4.98 Å². The molecule has 0 spiro atoms. The molecule has 0 N–H and O–H groups in total. The average Bonchev–Trinajstić information content (AvgIpc) is 2.29. The van der Waals surface area contributed by atoms with Gasteiger partial charge in [-0.15, -0.1) is 0 Å². The number of rotatable bonds is 0. The fourth-order valence-corrected chi connectivity index (χ4v) is 1.47. The highest BCUT2D eigenvalue weighted by atomic mass is 14.6. The summed E-state index contributed by atoms with van der Waals surface area (Å²) in [4.78, 5) is 4.11. The number of hydrogen-bond acceptors (Lipinski definition) is 1. The molecule has 1 nitrogen and oxygen atoms in total. The van der Waals surface area contributed by atoms with Gasteiger partial charge in [0, 0.05) is 12.4 Å². The van der Waals surface area contributed by atoms with Crippen molar-refractivity contribution < 1.29 is 0 Å². The lowest BCUT2D eigenvalue weighted by atomic mass is 10.0. The Balaban J connectivity index is 2.58. The minimum Gasteiger partial charge on any atom is -0.264 e. The summed E-state index contributed by atoms with van der Waals surface area (Å²) in [6.45, 7) is 2.13. The van der Waals surface area contributed by atoms with Gasteiger partial charge in [0.15, 0.2) is 0 Å². The number of allylic oxidation sites excluding steroid dienone is 4. The molecule has 0 aliphatic heterocycles. The van der Waals surface area contributed by atoms with Gasteiger partial charge in [-0.3, -0.25) is 4.98 Å². The number of hydrogen-bond donors (Lipinski definition) is 0. The highest BCUT2D eigenvalue weighted by Crippen LogP contribution is 2.20. The first-order valence-electron chi connectivity index (χ1n) is 4.14. The largest absolute Gasteiger partial charge is 0.264 e. The van der Waals surface area contributed by atoms with Crippen LogP contribution < -0.4 is 0 Å². The molecule has 1 aliphatic rings. The van der Waals surface area contributed by atoms with E-state index in [4.69, 9.17) is 0 Å². The zero-order chi connectivity index (χ0) is 8.39. The molecule has 1 aliphatic carbocycles. The van der Waals surface area contributed by atoms with Crippen LogP contribution in [0.5, 0.6) is 0 Å². The molecule has 12 heavy (non-hydrogen) atoms. The maximum atomic E-state index is 4.11. The Morgan fingerprint density at radius 3 is 3.25 bits per heavy atom. The minimum absolute atomic E-state index is 0.997. The van der Waals surface area contributed by atoms with E-state index in [1.54, 1.807) is 0 Å². The number of pyridine rings is 1. The molecule has 0 atom stereocenters. The molecule has 0 radical (unpaired) electrons. The number of nitrogens with zero attached hydrogens (tertiary/aromatic N) is 1. The van der Waals surface area contributed by atoms with Crippen molar-refractivity contribution in [2.45, 2.75) is 13.3 Å². The van der Waals surface area contributed by atoms with Crippen LogP contribution in [0.4, 0.5) is 0 Å². The third kappa shape index (κ3) is 1.18. The van der Waals surface area contributed by atoms with Gasteiger partial charge in [-0.2, -0.15) is 0 Å². The zero-order valence-electron chi connectivity index (χ0n) is 7.12. The minimum atomic E-state index is 0.997. The van der Waals surface area contributed by atoms with E-state index in [2.05, 4.69) is 36.2 Å². The lowest BCUT2D eigenvalue weighted by Crippen LogP contribution is -1.89. The van der Waals surface area contributed by atoms with Gasteiger partial charge in [0.05, 0.1) is 0 Å².